The van der Waals surface area contributed by atoms with Crippen molar-refractivity contribution in [3.63, 3.8) is 0 Å². The summed E-state index contributed by atoms with van der Waals surface area (Å²) >= 11 is 0. The summed E-state index contributed by atoms with van der Waals surface area (Å²) in [6.07, 6.45) is 0. The van der Waals surface area contributed by atoms with Crippen molar-refractivity contribution in [1.82, 2.24) is 0 Å². The maximum absolute atomic E-state index is 6.45. The fraction of sp³-hybridized carbons (Fsp3) is 0. The maximum atomic E-state index is 6.45. The van der Waals surface area contributed by atoms with Gasteiger partial charge in [0.05, 0.1) is 0 Å². The average Bonchev–Trinajstić information content (AvgIpc) is 3.72. The van der Waals surface area contributed by atoms with Crippen LogP contribution in [0.5, 0.6) is 0 Å². The lowest BCUT2D eigenvalue weighted by molar-refractivity contribution is 0.664. The molecule has 2 heteroatoms. The van der Waals surface area contributed by atoms with Crippen LogP contribution < -0.4 is 0 Å². The quantitative estimate of drug-likeness (QED) is 0.180. The molecule has 0 aliphatic heterocycles. The van der Waals surface area contributed by atoms with E-state index in [9.17, 15) is 0 Å². The predicted octanol–water partition coefficient (Wildman–Crippen LogP) is 13.9. The molecule has 0 aliphatic carbocycles. The van der Waals surface area contributed by atoms with Gasteiger partial charge in [0.2, 0.25) is 0 Å². The summed E-state index contributed by atoms with van der Waals surface area (Å²) in [5.41, 5.74) is 10.8. The third-order valence-electron chi connectivity index (χ3n) is 10.4. The summed E-state index contributed by atoms with van der Waals surface area (Å²) in [5.74, 6) is 0. The monoisotopic (exact) mass is 636 g/mol. The predicted molar refractivity (Wildman–Crippen MR) is 210 cm³/mol. The Bertz CT molecular complexity index is 3100. The highest BCUT2D eigenvalue weighted by molar-refractivity contribution is 6.22. The zero-order valence-corrected chi connectivity index (χ0v) is 27.0. The van der Waals surface area contributed by atoms with E-state index in [0.29, 0.717) is 0 Å². The van der Waals surface area contributed by atoms with E-state index in [-0.39, 0.29) is 0 Å². The molecule has 0 spiro atoms. The number of hydrogen-bond donors (Lipinski definition) is 0. The molecule has 0 aliphatic rings. The summed E-state index contributed by atoms with van der Waals surface area (Å²) in [4.78, 5) is 0. The highest BCUT2D eigenvalue weighted by Gasteiger charge is 2.19. The van der Waals surface area contributed by atoms with Crippen LogP contribution in [0.15, 0.2) is 179 Å². The molecule has 0 atom stereocenters. The molecule has 232 valence electrons. The summed E-state index contributed by atoms with van der Waals surface area (Å²) < 4.78 is 12.7. The van der Waals surface area contributed by atoms with Crippen molar-refractivity contribution in [2.24, 2.45) is 0 Å². The van der Waals surface area contributed by atoms with Gasteiger partial charge in [-0.25, -0.2) is 0 Å². The van der Waals surface area contributed by atoms with Crippen molar-refractivity contribution in [3.8, 4) is 33.4 Å². The van der Waals surface area contributed by atoms with Crippen LogP contribution in [0.2, 0.25) is 0 Å². The van der Waals surface area contributed by atoms with E-state index < -0.39 is 0 Å². The first-order valence-corrected chi connectivity index (χ1v) is 17.1. The second kappa shape index (κ2) is 10.4. The van der Waals surface area contributed by atoms with Gasteiger partial charge in [-0.3, -0.25) is 0 Å². The van der Waals surface area contributed by atoms with Gasteiger partial charge in [0.15, 0.2) is 0 Å². The summed E-state index contributed by atoms with van der Waals surface area (Å²) in [7, 11) is 0. The molecular weight excluding hydrogens is 609 g/mol. The van der Waals surface area contributed by atoms with Crippen LogP contribution in [0.3, 0.4) is 0 Å². The highest BCUT2D eigenvalue weighted by Crippen LogP contribution is 2.46. The van der Waals surface area contributed by atoms with Crippen LogP contribution in [-0.4, -0.2) is 0 Å². The van der Waals surface area contributed by atoms with Gasteiger partial charge in [0.25, 0.3) is 0 Å². The Morgan fingerprint density at radius 2 is 0.720 bits per heavy atom. The van der Waals surface area contributed by atoms with Crippen LogP contribution in [0.4, 0.5) is 0 Å². The smallest absolute Gasteiger partial charge is 0.136 e. The van der Waals surface area contributed by atoms with E-state index in [1.807, 2.05) is 18.2 Å². The molecule has 11 rings (SSSR count). The van der Waals surface area contributed by atoms with Crippen LogP contribution >= 0.6 is 0 Å². The fourth-order valence-corrected chi connectivity index (χ4v) is 8.12. The largest absolute Gasteiger partial charge is 0.456 e. The van der Waals surface area contributed by atoms with Crippen molar-refractivity contribution >= 4 is 76.2 Å². The molecule has 11 aromatic rings. The molecule has 0 amide bonds. The Hall–Kier alpha value is -6.64. The molecule has 0 saturated heterocycles. The number of fused-ring (bicyclic) bond motifs is 9. The summed E-state index contributed by atoms with van der Waals surface area (Å²) in [6.45, 7) is 0. The highest BCUT2D eigenvalue weighted by atomic mass is 16.3. The van der Waals surface area contributed by atoms with Crippen molar-refractivity contribution in [3.05, 3.63) is 170 Å². The summed E-state index contributed by atoms with van der Waals surface area (Å²) in [5, 5.41) is 11.7. The zero-order valence-electron chi connectivity index (χ0n) is 27.0. The number of benzene rings is 9. The van der Waals surface area contributed by atoms with Gasteiger partial charge in [-0.2, -0.15) is 0 Å². The van der Waals surface area contributed by atoms with E-state index in [1.54, 1.807) is 0 Å². The minimum absolute atomic E-state index is 0.868. The minimum atomic E-state index is 0.868. The molecular formula is C48H28O2. The van der Waals surface area contributed by atoms with Gasteiger partial charge >= 0.3 is 0 Å². The molecule has 0 N–H and O–H groups in total. The molecule has 2 heterocycles. The molecule has 0 saturated carbocycles. The van der Waals surface area contributed by atoms with Crippen molar-refractivity contribution in [2.45, 2.75) is 0 Å². The first kappa shape index (κ1) is 27.3. The molecule has 2 aromatic heterocycles. The van der Waals surface area contributed by atoms with Crippen molar-refractivity contribution < 1.29 is 8.83 Å². The fourth-order valence-electron chi connectivity index (χ4n) is 8.12. The van der Waals surface area contributed by atoms with Crippen LogP contribution in [-0.2, 0) is 0 Å². The second-order valence-corrected chi connectivity index (χ2v) is 13.2. The van der Waals surface area contributed by atoms with Gasteiger partial charge in [0, 0.05) is 21.5 Å². The van der Waals surface area contributed by atoms with Crippen LogP contribution in [0, 0.1) is 0 Å². The lowest BCUT2D eigenvalue weighted by atomic mass is 9.85. The number of para-hydroxylation sites is 1. The third-order valence-corrected chi connectivity index (χ3v) is 10.4. The van der Waals surface area contributed by atoms with E-state index in [4.69, 9.17) is 8.83 Å². The minimum Gasteiger partial charge on any atom is -0.456 e. The standard InChI is InChI=1S/C48H28O2/c1-2-11-30-24-32(21-20-29(30)10-1)31-12-9-13-33(25-31)47-36-15-3-5-17-38(36)48(39-18-6-4-16-37(39)47)34-22-23-44-40(26-34)42-28-45-41(27-46(42)50-44)35-14-7-8-19-43(35)49-45/h1-28H. The number of rotatable bonds is 3. The SMILES string of the molecule is c1cc(-c2ccc3ccccc3c2)cc(-c2c3ccccc3c(-c3ccc4oc5cc6c(cc5c4c3)oc3ccccc36)c3ccccc23)c1. The van der Waals surface area contributed by atoms with Gasteiger partial charge in [-0.1, -0.05) is 127 Å². The van der Waals surface area contributed by atoms with E-state index in [2.05, 4.69) is 152 Å². The molecule has 0 radical (unpaired) electrons. The number of hydrogen-bond acceptors (Lipinski definition) is 2. The summed E-state index contributed by atoms with van der Waals surface area (Å²) in [6, 6.07) is 61.1. The lowest BCUT2D eigenvalue weighted by Crippen LogP contribution is -1.91. The maximum Gasteiger partial charge on any atom is 0.136 e. The Morgan fingerprint density at radius 3 is 1.42 bits per heavy atom. The molecule has 0 unspecified atom stereocenters. The van der Waals surface area contributed by atoms with Gasteiger partial charge in [0.1, 0.15) is 22.3 Å². The van der Waals surface area contributed by atoms with Crippen molar-refractivity contribution in [2.75, 3.05) is 0 Å². The second-order valence-electron chi connectivity index (χ2n) is 13.2. The van der Waals surface area contributed by atoms with Gasteiger partial charge < -0.3 is 8.83 Å². The Morgan fingerprint density at radius 1 is 0.240 bits per heavy atom. The lowest BCUT2D eigenvalue weighted by Gasteiger charge is -2.18. The molecule has 9 aromatic carbocycles. The first-order chi connectivity index (χ1) is 24.8. The van der Waals surface area contributed by atoms with Gasteiger partial charge in [-0.15, -0.1) is 0 Å². The Balaban J connectivity index is 1.13. The van der Waals surface area contributed by atoms with Crippen molar-refractivity contribution in [1.29, 1.82) is 0 Å². The van der Waals surface area contributed by atoms with E-state index >= 15 is 0 Å². The normalized spacial score (nSPS) is 12.0. The number of furan rings is 2. The van der Waals surface area contributed by atoms with Crippen LogP contribution in [0.1, 0.15) is 0 Å². The molecule has 0 bridgehead atoms. The molecule has 0 fully saturated rings. The molecule has 2 nitrogen and oxygen atoms in total. The third kappa shape index (κ3) is 4.03. The zero-order chi connectivity index (χ0) is 32.8. The topological polar surface area (TPSA) is 26.3 Å². The van der Waals surface area contributed by atoms with Crippen LogP contribution in [0.25, 0.3) is 110 Å². The molecule has 50 heavy (non-hydrogen) atoms. The Kier molecular flexibility index (Phi) is 5.70. The average molecular weight is 637 g/mol. The first-order valence-electron chi connectivity index (χ1n) is 17.1. The van der Waals surface area contributed by atoms with E-state index in [1.165, 1.54) is 60.1 Å². The van der Waals surface area contributed by atoms with E-state index in [0.717, 1.165) is 49.4 Å². The Labute approximate surface area is 287 Å². The van der Waals surface area contributed by atoms with Gasteiger partial charge in [-0.05, 0) is 108 Å².